The van der Waals surface area contributed by atoms with Gasteiger partial charge in [0.15, 0.2) is 5.78 Å². The minimum Gasteiger partial charge on any atom is -0.378 e. The van der Waals surface area contributed by atoms with Crippen molar-refractivity contribution in [3.05, 3.63) is 101 Å². The molecular weight excluding hydrogens is 336 g/mol. The molecule has 4 nitrogen and oxygen atoms in total. The molecule has 0 radical (unpaired) electrons. The highest BCUT2D eigenvalue weighted by Crippen LogP contribution is 2.16. The summed E-state index contributed by atoms with van der Waals surface area (Å²) in [5.41, 5.74) is 3.46. The zero-order valence-corrected chi connectivity index (χ0v) is 15.5. The molecule has 136 valence electrons. The third-order valence-corrected chi connectivity index (χ3v) is 4.36. The third-order valence-electron chi connectivity index (χ3n) is 4.36. The van der Waals surface area contributed by atoms with E-state index in [0.29, 0.717) is 23.2 Å². The number of carbonyl (C=O) groups excluding carboxylic acids is 2. The molecule has 0 saturated carbocycles. The molecule has 0 aromatic heterocycles. The number of amides is 1. The average Bonchev–Trinajstić information content (AvgIpc) is 2.72. The molecule has 0 aliphatic rings. The quantitative estimate of drug-likeness (QED) is 0.680. The number of hydrogen-bond donors (Lipinski definition) is 1. The smallest absolute Gasteiger partial charge is 0.252 e. The van der Waals surface area contributed by atoms with Crippen molar-refractivity contribution >= 4 is 17.4 Å². The normalized spacial score (nSPS) is 10.3. The van der Waals surface area contributed by atoms with Crippen LogP contribution in [0.15, 0.2) is 78.9 Å². The van der Waals surface area contributed by atoms with E-state index < -0.39 is 0 Å². The Morgan fingerprint density at radius 3 is 2.00 bits per heavy atom. The van der Waals surface area contributed by atoms with Crippen LogP contribution in [0.4, 0.5) is 5.69 Å². The minimum absolute atomic E-state index is 0.156. The van der Waals surface area contributed by atoms with Gasteiger partial charge in [0.1, 0.15) is 0 Å². The van der Waals surface area contributed by atoms with E-state index in [1.807, 2.05) is 61.5 Å². The van der Waals surface area contributed by atoms with E-state index >= 15 is 0 Å². The van der Waals surface area contributed by atoms with Crippen molar-refractivity contribution in [3.63, 3.8) is 0 Å². The Kier molecular flexibility index (Phi) is 5.67. The molecule has 0 bridgehead atoms. The van der Waals surface area contributed by atoms with Gasteiger partial charge < -0.3 is 10.2 Å². The van der Waals surface area contributed by atoms with E-state index in [2.05, 4.69) is 5.32 Å². The van der Waals surface area contributed by atoms with Gasteiger partial charge in [-0.25, -0.2) is 0 Å². The summed E-state index contributed by atoms with van der Waals surface area (Å²) >= 11 is 0. The van der Waals surface area contributed by atoms with Crippen molar-refractivity contribution in [2.24, 2.45) is 0 Å². The maximum Gasteiger partial charge on any atom is 0.252 e. The van der Waals surface area contributed by atoms with Gasteiger partial charge in [0, 0.05) is 37.5 Å². The molecule has 3 aromatic rings. The van der Waals surface area contributed by atoms with E-state index in [1.165, 1.54) is 0 Å². The number of ketones is 1. The van der Waals surface area contributed by atoms with Crippen LogP contribution in [-0.2, 0) is 6.54 Å². The van der Waals surface area contributed by atoms with Crippen LogP contribution < -0.4 is 10.2 Å². The van der Waals surface area contributed by atoms with Crippen LogP contribution in [0.2, 0.25) is 0 Å². The summed E-state index contributed by atoms with van der Waals surface area (Å²) < 4.78 is 0. The molecule has 3 rings (SSSR count). The van der Waals surface area contributed by atoms with E-state index in [1.54, 1.807) is 36.4 Å². The van der Waals surface area contributed by atoms with Crippen LogP contribution in [0, 0.1) is 0 Å². The molecule has 1 amide bonds. The van der Waals surface area contributed by atoms with Gasteiger partial charge in [0.05, 0.1) is 5.56 Å². The first-order valence-electron chi connectivity index (χ1n) is 8.79. The van der Waals surface area contributed by atoms with Crippen LogP contribution in [0.25, 0.3) is 0 Å². The molecule has 27 heavy (non-hydrogen) atoms. The fourth-order valence-electron chi connectivity index (χ4n) is 2.81. The lowest BCUT2D eigenvalue weighted by molar-refractivity contribution is 0.0939. The zero-order valence-electron chi connectivity index (χ0n) is 15.5. The van der Waals surface area contributed by atoms with Crippen LogP contribution in [0.5, 0.6) is 0 Å². The molecule has 0 aliphatic heterocycles. The molecular formula is C23H22N2O2. The van der Waals surface area contributed by atoms with Gasteiger partial charge in [-0.2, -0.15) is 0 Å². The van der Waals surface area contributed by atoms with Gasteiger partial charge in [-0.15, -0.1) is 0 Å². The second kappa shape index (κ2) is 8.32. The zero-order chi connectivity index (χ0) is 19.2. The predicted octanol–water partition coefficient (Wildman–Crippen LogP) is 3.91. The van der Waals surface area contributed by atoms with Gasteiger partial charge in [0.25, 0.3) is 5.91 Å². The summed E-state index contributed by atoms with van der Waals surface area (Å²) in [5.74, 6) is -0.414. The van der Waals surface area contributed by atoms with Gasteiger partial charge in [0.2, 0.25) is 0 Å². The first-order chi connectivity index (χ1) is 13.1. The van der Waals surface area contributed by atoms with Gasteiger partial charge in [-0.05, 0) is 23.8 Å². The molecule has 1 N–H and O–H groups in total. The Hall–Kier alpha value is -3.40. The van der Waals surface area contributed by atoms with Crippen LogP contribution in [-0.4, -0.2) is 25.8 Å². The van der Waals surface area contributed by atoms with Gasteiger partial charge in [-0.3, -0.25) is 9.59 Å². The Balaban J connectivity index is 1.74. The standard InChI is InChI=1S/C23H22N2O2/c1-25(2)19-14-12-17(13-15-19)16-24-23(27)21-11-7-6-10-20(21)22(26)18-8-4-3-5-9-18/h3-15H,16H2,1-2H3,(H,24,27). The van der Waals surface area contributed by atoms with Crippen LogP contribution in [0.3, 0.4) is 0 Å². The molecule has 0 unspecified atom stereocenters. The molecule has 0 spiro atoms. The minimum atomic E-state index is -0.258. The molecule has 0 fully saturated rings. The fraction of sp³-hybridized carbons (Fsp3) is 0.130. The molecule has 3 aromatic carbocycles. The fourth-order valence-corrected chi connectivity index (χ4v) is 2.81. The van der Waals surface area contributed by atoms with Crippen LogP contribution >= 0.6 is 0 Å². The summed E-state index contributed by atoms with van der Waals surface area (Å²) in [7, 11) is 3.97. The maximum absolute atomic E-state index is 12.8. The van der Waals surface area contributed by atoms with Crippen molar-refractivity contribution in [3.8, 4) is 0 Å². The van der Waals surface area contributed by atoms with E-state index in [-0.39, 0.29) is 11.7 Å². The number of nitrogens with zero attached hydrogens (tertiary/aromatic N) is 1. The van der Waals surface area contributed by atoms with Crippen LogP contribution in [0.1, 0.15) is 31.8 Å². The number of benzene rings is 3. The summed E-state index contributed by atoms with van der Waals surface area (Å²) in [6.45, 7) is 0.403. The topological polar surface area (TPSA) is 49.4 Å². The van der Waals surface area contributed by atoms with E-state index in [0.717, 1.165) is 11.3 Å². The van der Waals surface area contributed by atoms with Gasteiger partial charge in [-0.1, -0.05) is 60.7 Å². The first kappa shape index (κ1) is 18.4. The number of rotatable bonds is 6. The summed E-state index contributed by atoms with van der Waals surface area (Å²) in [6.07, 6.45) is 0. The lowest BCUT2D eigenvalue weighted by atomic mass is 9.98. The number of nitrogens with one attached hydrogen (secondary N) is 1. The highest BCUT2D eigenvalue weighted by atomic mass is 16.2. The number of hydrogen-bond acceptors (Lipinski definition) is 3. The lowest BCUT2D eigenvalue weighted by Crippen LogP contribution is -2.25. The van der Waals surface area contributed by atoms with Crippen molar-refractivity contribution in [2.45, 2.75) is 6.54 Å². The SMILES string of the molecule is CN(C)c1ccc(CNC(=O)c2ccccc2C(=O)c2ccccc2)cc1. The molecule has 0 atom stereocenters. The second-order valence-electron chi connectivity index (χ2n) is 6.48. The molecule has 0 heterocycles. The van der Waals surface area contributed by atoms with Crippen molar-refractivity contribution in [2.75, 3.05) is 19.0 Å². The highest BCUT2D eigenvalue weighted by Gasteiger charge is 2.17. The molecule has 0 saturated heterocycles. The summed E-state index contributed by atoms with van der Waals surface area (Å²) in [5, 5.41) is 2.91. The Morgan fingerprint density at radius 2 is 1.37 bits per heavy atom. The predicted molar refractivity (Wildman–Crippen MR) is 108 cm³/mol. The number of anilines is 1. The van der Waals surface area contributed by atoms with E-state index in [4.69, 9.17) is 0 Å². The lowest BCUT2D eigenvalue weighted by Gasteiger charge is -2.13. The Bertz CT molecular complexity index is 932. The summed E-state index contributed by atoms with van der Waals surface area (Å²) in [6, 6.07) is 23.9. The average molecular weight is 358 g/mol. The first-order valence-corrected chi connectivity index (χ1v) is 8.79. The number of carbonyl (C=O) groups is 2. The second-order valence-corrected chi connectivity index (χ2v) is 6.48. The van der Waals surface area contributed by atoms with Crippen molar-refractivity contribution in [1.82, 2.24) is 5.32 Å². The Morgan fingerprint density at radius 1 is 0.778 bits per heavy atom. The molecule has 0 aliphatic carbocycles. The monoisotopic (exact) mass is 358 g/mol. The van der Waals surface area contributed by atoms with Gasteiger partial charge >= 0.3 is 0 Å². The molecule has 4 heteroatoms. The van der Waals surface area contributed by atoms with Crippen molar-refractivity contribution in [1.29, 1.82) is 0 Å². The van der Waals surface area contributed by atoms with E-state index in [9.17, 15) is 9.59 Å². The summed E-state index contributed by atoms with van der Waals surface area (Å²) in [4.78, 5) is 27.5. The Labute approximate surface area is 159 Å². The maximum atomic E-state index is 12.8. The third kappa shape index (κ3) is 4.42. The highest BCUT2D eigenvalue weighted by molar-refractivity contribution is 6.15. The van der Waals surface area contributed by atoms with Crippen molar-refractivity contribution < 1.29 is 9.59 Å². The largest absolute Gasteiger partial charge is 0.378 e.